The average Bonchev–Trinajstić information content (AvgIpc) is 2.66. The Balaban J connectivity index is 2.06. The molecule has 0 bridgehead atoms. The quantitative estimate of drug-likeness (QED) is 0.348. The number of carbonyl (C=O) groups excluding carboxylic acids is 3. The Hall–Kier alpha value is -2.95. The van der Waals surface area contributed by atoms with Crippen LogP contribution in [0.15, 0.2) is 54.6 Å². The van der Waals surface area contributed by atoms with E-state index in [1.54, 1.807) is 52.1 Å². The van der Waals surface area contributed by atoms with Gasteiger partial charge in [0.25, 0.3) is 0 Å². The normalized spacial score (nSPS) is 12.1. The molecule has 0 heterocycles. The first kappa shape index (κ1) is 22.3. The van der Waals surface area contributed by atoms with Crippen LogP contribution in [0.3, 0.4) is 0 Å². The highest BCUT2D eigenvalue weighted by Gasteiger charge is 2.24. The molecule has 154 valence electrons. The zero-order chi connectivity index (χ0) is 21.4. The number of ether oxygens (including phenoxy) is 2. The lowest BCUT2D eigenvalue weighted by Gasteiger charge is -2.22. The van der Waals surface area contributed by atoms with Gasteiger partial charge in [-0.2, -0.15) is 0 Å². The first-order valence-corrected chi connectivity index (χ1v) is 9.63. The number of hydrogen-bond acceptors (Lipinski definition) is 5. The molecule has 2 aromatic rings. The van der Waals surface area contributed by atoms with Crippen molar-refractivity contribution in [1.82, 2.24) is 0 Å². The van der Waals surface area contributed by atoms with Crippen LogP contribution in [-0.4, -0.2) is 30.2 Å². The summed E-state index contributed by atoms with van der Waals surface area (Å²) in [5, 5.41) is 0. The summed E-state index contributed by atoms with van der Waals surface area (Å²) in [7, 11) is 1.55. The number of methoxy groups -OCH3 is 1. The smallest absolute Gasteiger partial charge is 0.306 e. The van der Waals surface area contributed by atoms with E-state index in [2.05, 4.69) is 0 Å². The average molecular weight is 396 g/mol. The summed E-state index contributed by atoms with van der Waals surface area (Å²) in [5.74, 6) is -0.498. The van der Waals surface area contributed by atoms with E-state index >= 15 is 0 Å². The van der Waals surface area contributed by atoms with Crippen molar-refractivity contribution < 1.29 is 23.9 Å². The van der Waals surface area contributed by atoms with Gasteiger partial charge in [-0.05, 0) is 50.6 Å². The molecule has 0 aromatic heterocycles. The Bertz CT molecular complexity index is 832. The van der Waals surface area contributed by atoms with Crippen LogP contribution in [0.25, 0.3) is 0 Å². The second kappa shape index (κ2) is 10.0. The number of ketones is 2. The van der Waals surface area contributed by atoms with Crippen molar-refractivity contribution in [2.45, 2.75) is 51.6 Å². The van der Waals surface area contributed by atoms with Gasteiger partial charge < -0.3 is 9.47 Å². The van der Waals surface area contributed by atoms with E-state index in [0.717, 1.165) is 5.56 Å². The van der Waals surface area contributed by atoms with Crippen LogP contribution in [0.5, 0.6) is 5.75 Å². The molecule has 0 aliphatic heterocycles. The van der Waals surface area contributed by atoms with Gasteiger partial charge in [-0.1, -0.05) is 30.3 Å². The Morgan fingerprint density at radius 3 is 2.07 bits per heavy atom. The van der Waals surface area contributed by atoms with Crippen LogP contribution < -0.4 is 4.74 Å². The zero-order valence-electron chi connectivity index (χ0n) is 17.4. The third-order valence-corrected chi connectivity index (χ3v) is 4.35. The Morgan fingerprint density at radius 2 is 1.52 bits per heavy atom. The van der Waals surface area contributed by atoms with E-state index in [1.807, 2.05) is 30.3 Å². The van der Waals surface area contributed by atoms with Gasteiger partial charge in [0.15, 0.2) is 5.78 Å². The number of Topliss-reactive ketones (excluding diaryl/α,β-unsaturated/α-hetero) is 2. The van der Waals surface area contributed by atoms with Gasteiger partial charge in [-0.15, -0.1) is 0 Å². The Morgan fingerprint density at radius 1 is 0.897 bits per heavy atom. The van der Waals surface area contributed by atoms with Crippen molar-refractivity contribution in [1.29, 1.82) is 0 Å². The van der Waals surface area contributed by atoms with Crippen molar-refractivity contribution >= 4 is 17.5 Å². The molecule has 0 aliphatic carbocycles. The summed E-state index contributed by atoms with van der Waals surface area (Å²) in [6.45, 7) is 5.42. The predicted molar refractivity (Wildman–Crippen MR) is 111 cm³/mol. The maximum Gasteiger partial charge on any atom is 0.306 e. The summed E-state index contributed by atoms with van der Waals surface area (Å²) >= 11 is 0. The van der Waals surface area contributed by atoms with E-state index in [0.29, 0.717) is 11.3 Å². The van der Waals surface area contributed by atoms with Gasteiger partial charge in [-0.3, -0.25) is 14.4 Å². The van der Waals surface area contributed by atoms with Crippen LogP contribution in [0.1, 0.15) is 61.9 Å². The fourth-order valence-electron chi connectivity index (χ4n) is 3.02. The molecular formula is C24H28O5. The van der Waals surface area contributed by atoms with E-state index in [1.165, 1.54) is 0 Å². The molecule has 0 saturated heterocycles. The Labute approximate surface area is 172 Å². The van der Waals surface area contributed by atoms with Crippen LogP contribution in [0.2, 0.25) is 0 Å². The minimum atomic E-state index is -0.591. The number of rotatable bonds is 9. The fourth-order valence-corrected chi connectivity index (χ4v) is 3.02. The van der Waals surface area contributed by atoms with Crippen LogP contribution in [0.4, 0.5) is 0 Å². The molecule has 0 N–H and O–H groups in total. The van der Waals surface area contributed by atoms with Gasteiger partial charge >= 0.3 is 5.97 Å². The van der Waals surface area contributed by atoms with Gasteiger partial charge in [0.1, 0.15) is 17.1 Å². The number of hydrogen-bond donors (Lipinski definition) is 0. The molecule has 0 spiro atoms. The molecule has 0 saturated carbocycles. The predicted octanol–water partition coefficient (Wildman–Crippen LogP) is 4.74. The number of carbonyl (C=O) groups is 3. The van der Waals surface area contributed by atoms with Gasteiger partial charge in [0, 0.05) is 17.9 Å². The number of esters is 1. The summed E-state index contributed by atoms with van der Waals surface area (Å²) in [6, 6.07) is 16.0. The van der Waals surface area contributed by atoms with E-state index in [9.17, 15) is 14.4 Å². The van der Waals surface area contributed by atoms with Crippen molar-refractivity contribution in [2.24, 2.45) is 0 Å². The maximum atomic E-state index is 12.6. The SMILES string of the molecule is COc1ccc(C(=O)CC(=O)CC(CC(=O)OC(C)(C)C)c2ccccc2)cc1. The van der Waals surface area contributed by atoms with Crippen LogP contribution >= 0.6 is 0 Å². The topological polar surface area (TPSA) is 69.7 Å². The van der Waals surface area contributed by atoms with Crippen molar-refractivity contribution in [2.75, 3.05) is 7.11 Å². The fraction of sp³-hybridized carbons (Fsp3) is 0.375. The molecule has 0 fully saturated rings. The molecule has 1 unspecified atom stereocenters. The summed E-state index contributed by atoms with van der Waals surface area (Å²) in [5.41, 5.74) is 0.748. The standard InChI is InChI=1S/C24H28O5/c1-24(2,3)29-23(27)15-19(17-8-6-5-7-9-17)14-20(25)16-22(26)18-10-12-21(28-4)13-11-18/h5-13,19H,14-16H2,1-4H3. The van der Waals surface area contributed by atoms with Crippen molar-refractivity contribution in [3.05, 3.63) is 65.7 Å². The van der Waals surface area contributed by atoms with E-state index in [-0.39, 0.29) is 42.7 Å². The molecule has 2 aromatic carbocycles. The minimum Gasteiger partial charge on any atom is -0.497 e. The lowest BCUT2D eigenvalue weighted by molar-refractivity contribution is -0.155. The largest absolute Gasteiger partial charge is 0.497 e. The maximum absolute atomic E-state index is 12.6. The molecule has 5 nitrogen and oxygen atoms in total. The molecule has 0 radical (unpaired) electrons. The lowest BCUT2D eigenvalue weighted by atomic mass is 9.89. The van der Waals surface area contributed by atoms with E-state index < -0.39 is 5.60 Å². The summed E-state index contributed by atoms with van der Waals surface area (Å²) < 4.78 is 10.5. The molecule has 5 heteroatoms. The molecule has 0 aliphatic rings. The monoisotopic (exact) mass is 396 g/mol. The highest BCUT2D eigenvalue weighted by Crippen LogP contribution is 2.26. The molecule has 0 amide bonds. The van der Waals surface area contributed by atoms with Gasteiger partial charge in [0.2, 0.25) is 0 Å². The first-order valence-electron chi connectivity index (χ1n) is 9.63. The third kappa shape index (κ3) is 7.53. The van der Waals surface area contributed by atoms with Crippen molar-refractivity contribution in [3.8, 4) is 5.75 Å². The third-order valence-electron chi connectivity index (χ3n) is 4.35. The second-order valence-corrected chi connectivity index (χ2v) is 7.97. The Kier molecular flexibility index (Phi) is 7.71. The molecule has 29 heavy (non-hydrogen) atoms. The molecule has 1 atom stereocenters. The summed E-state index contributed by atoms with van der Waals surface area (Å²) in [6.07, 6.45) is -0.0150. The van der Waals surface area contributed by atoms with Gasteiger partial charge in [0.05, 0.1) is 20.0 Å². The van der Waals surface area contributed by atoms with Gasteiger partial charge in [-0.25, -0.2) is 0 Å². The lowest BCUT2D eigenvalue weighted by Crippen LogP contribution is -2.25. The first-order chi connectivity index (χ1) is 13.7. The van der Waals surface area contributed by atoms with E-state index in [4.69, 9.17) is 9.47 Å². The second-order valence-electron chi connectivity index (χ2n) is 7.97. The highest BCUT2D eigenvalue weighted by molar-refractivity contribution is 6.08. The zero-order valence-corrected chi connectivity index (χ0v) is 17.4. The highest BCUT2D eigenvalue weighted by atomic mass is 16.6. The van der Waals surface area contributed by atoms with Crippen LogP contribution in [-0.2, 0) is 14.3 Å². The molecular weight excluding hydrogens is 368 g/mol. The minimum absolute atomic E-state index is 0.0871. The van der Waals surface area contributed by atoms with Crippen LogP contribution in [0, 0.1) is 0 Å². The van der Waals surface area contributed by atoms with Crippen molar-refractivity contribution in [3.63, 3.8) is 0 Å². The summed E-state index contributed by atoms with van der Waals surface area (Å²) in [4.78, 5) is 37.3. The number of benzene rings is 2. The molecule has 2 rings (SSSR count).